The van der Waals surface area contributed by atoms with Crippen molar-refractivity contribution in [3.8, 4) is 5.75 Å². The Morgan fingerprint density at radius 3 is 2.24 bits per heavy atom. The molecule has 5 heteroatoms. The fourth-order valence-electron chi connectivity index (χ4n) is 4.89. The van der Waals surface area contributed by atoms with Gasteiger partial charge in [0.1, 0.15) is 11.4 Å². The van der Waals surface area contributed by atoms with Crippen molar-refractivity contribution in [1.82, 2.24) is 4.90 Å². The number of carbonyl (C=O) groups excluding carboxylic acids is 1. The predicted octanol–water partition coefficient (Wildman–Crippen LogP) is 6.35. The molecule has 5 nitrogen and oxygen atoms in total. The molecule has 0 spiro atoms. The molecule has 0 radical (unpaired) electrons. The van der Waals surface area contributed by atoms with Gasteiger partial charge in [-0.25, -0.2) is 0 Å². The second kappa shape index (κ2) is 10.4. The summed E-state index contributed by atoms with van der Waals surface area (Å²) in [6.07, 6.45) is 1.38. The van der Waals surface area contributed by atoms with Crippen molar-refractivity contribution in [2.24, 2.45) is 0 Å². The summed E-state index contributed by atoms with van der Waals surface area (Å²) in [5, 5.41) is 9.22. The Hall–Kier alpha value is -3.60. The molecule has 0 fully saturated rings. The van der Waals surface area contributed by atoms with Crippen LogP contribution in [0.2, 0.25) is 0 Å². The van der Waals surface area contributed by atoms with Crippen molar-refractivity contribution in [2.75, 3.05) is 6.54 Å². The van der Waals surface area contributed by atoms with Gasteiger partial charge in [-0.05, 0) is 59.7 Å². The minimum atomic E-state index is -0.921. The van der Waals surface area contributed by atoms with E-state index < -0.39 is 11.6 Å². The summed E-state index contributed by atoms with van der Waals surface area (Å²) in [5.74, 6) is -0.285. The average molecular weight is 500 g/mol. The zero-order valence-corrected chi connectivity index (χ0v) is 22.5. The predicted molar refractivity (Wildman–Crippen MR) is 146 cm³/mol. The standard InChI is InChI=1S/C32H37NO4/c1-22-6-8-24(9-7-22)21-33(17-16-29(34)35)30(36)25-12-15-28-26(18-25)20-32(5,37-28)19-23-10-13-27(14-11-23)31(2,3)4/h6-15,18H,16-17,19-21H2,1-5H3,(H,34,35). The first-order valence-corrected chi connectivity index (χ1v) is 12.9. The molecule has 1 N–H and O–H groups in total. The van der Waals surface area contributed by atoms with E-state index in [2.05, 4.69) is 52.0 Å². The molecule has 1 unspecified atom stereocenters. The molecule has 1 atom stereocenters. The Bertz CT molecular complexity index is 1270. The van der Waals surface area contributed by atoms with Gasteiger partial charge in [-0.3, -0.25) is 9.59 Å². The van der Waals surface area contributed by atoms with Crippen LogP contribution in [0.5, 0.6) is 5.75 Å². The molecule has 0 bridgehead atoms. The molecule has 0 saturated heterocycles. The monoisotopic (exact) mass is 499 g/mol. The second-order valence-electron chi connectivity index (χ2n) is 11.5. The van der Waals surface area contributed by atoms with Crippen LogP contribution in [0.25, 0.3) is 0 Å². The lowest BCUT2D eigenvalue weighted by Gasteiger charge is -2.25. The van der Waals surface area contributed by atoms with E-state index in [-0.39, 0.29) is 24.3 Å². The fourth-order valence-corrected chi connectivity index (χ4v) is 4.89. The molecule has 3 aromatic rings. The molecule has 1 amide bonds. The first-order valence-electron chi connectivity index (χ1n) is 12.9. The van der Waals surface area contributed by atoms with Crippen LogP contribution >= 0.6 is 0 Å². The van der Waals surface area contributed by atoms with Gasteiger partial charge >= 0.3 is 5.97 Å². The SMILES string of the molecule is Cc1ccc(CN(CCC(=O)O)C(=O)c2ccc3c(c2)CC(C)(Cc2ccc(C(C)(C)C)cc2)O3)cc1. The zero-order valence-electron chi connectivity index (χ0n) is 22.5. The van der Waals surface area contributed by atoms with Crippen molar-refractivity contribution in [1.29, 1.82) is 0 Å². The number of benzene rings is 3. The van der Waals surface area contributed by atoms with Gasteiger partial charge in [0.15, 0.2) is 0 Å². The van der Waals surface area contributed by atoms with Gasteiger partial charge in [0.2, 0.25) is 0 Å². The lowest BCUT2D eigenvalue weighted by Crippen LogP contribution is -2.33. The summed E-state index contributed by atoms with van der Waals surface area (Å²) in [6.45, 7) is 11.3. The van der Waals surface area contributed by atoms with E-state index >= 15 is 0 Å². The minimum absolute atomic E-state index is 0.0995. The number of aliphatic carboxylic acids is 1. The smallest absolute Gasteiger partial charge is 0.305 e. The molecular weight excluding hydrogens is 462 g/mol. The van der Waals surface area contributed by atoms with Crippen LogP contribution in [0.1, 0.15) is 72.3 Å². The third-order valence-electron chi connectivity index (χ3n) is 7.00. The van der Waals surface area contributed by atoms with Gasteiger partial charge in [0.05, 0.1) is 6.42 Å². The summed E-state index contributed by atoms with van der Waals surface area (Å²) < 4.78 is 6.37. The number of amides is 1. The van der Waals surface area contributed by atoms with Crippen LogP contribution < -0.4 is 4.74 Å². The van der Waals surface area contributed by atoms with Crippen molar-refractivity contribution in [2.45, 2.75) is 71.4 Å². The number of carbonyl (C=O) groups is 2. The highest BCUT2D eigenvalue weighted by Crippen LogP contribution is 2.38. The molecule has 1 heterocycles. The van der Waals surface area contributed by atoms with E-state index in [1.807, 2.05) is 43.3 Å². The van der Waals surface area contributed by atoms with E-state index in [4.69, 9.17) is 4.74 Å². The van der Waals surface area contributed by atoms with E-state index in [1.54, 1.807) is 11.0 Å². The highest BCUT2D eigenvalue weighted by Gasteiger charge is 2.35. The summed E-state index contributed by atoms with van der Waals surface area (Å²) in [7, 11) is 0. The molecule has 1 aliphatic rings. The van der Waals surface area contributed by atoms with Crippen LogP contribution in [0, 0.1) is 6.92 Å². The van der Waals surface area contributed by atoms with E-state index in [9.17, 15) is 14.7 Å². The van der Waals surface area contributed by atoms with Crippen molar-refractivity contribution >= 4 is 11.9 Å². The van der Waals surface area contributed by atoms with Gasteiger partial charge in [0.25, 0.3) is 5.91 Å². The molecule has 1 aliphatic heterocycles. The van der Waals surface area contributed by atoms with Crippen molar-refractivity contribution in [3.05, 3.63) is 100 Å². The number of rotatable bonds is 8. The van der Waals surface area contributed by atoms with Crippen LogP contribution in [0.15, 0.2) is 66.7 Å². The Kier molecular flexibility index (Phi) is 7.44. The van der Waals surface area contributed by atoms with Crippen molar-refractivity contribution < 1.29 is 19.4 Å². The molecule has 0 saturated carbocycles. The van der Waals surface area contributed by atoms with Crippen LogP contribution in [-0.4, -0.2) is 34.0 Å². The summed E-state index contributed by atoms with van der Waals surface area (Å²) in [6, 6.07) is 22.3. The van der Waals surface area contributed by atoms with Gasteiger partial charge in [-0.15, -0.1) is 0 Å². The minimum Gasteiger partial charge on any atom is -0.487 e. The lowest BCUT2D eigenvalue weighted by molar-refractivity contribution is -0.137. The maximum Gasteiger partial charge on any atom is 0.305 e. The topological polar surface area (TPSA) is 66.8 Å². The molecule has 0 aromatic heterocycles. The van der Waals surface area contributed by atoms with Gasteiger partial charge in [-0.1, -0.05) is 74.9 Å². The summed E-state index contributed by atoms with van der Waals surface area (Å²) in [4.78, 5) is 26.4. The molecule has 194 valence electrons. The van der Waals surface area contributed by atoms with Crippen molar-refractivity contribution in [3.63, 3.8) is 0 Å². The normalized spacial score (nSPS) is 16.7. The molecule has 0 aliphatic carbocycles. The van der Waals surface area contributed by atoms with Gasteiger partial charge in [-0.2, -0.15) is 0 Å². The average Bonchev–Trinajstić information content (AvgIpc) is 3.17. The quantitative estimate of drug-likeness (QED) is 0.392. The Labute approximate surface area is 220 Å². The third kappa shape index (κ3) is 6.59. The van der Waals surface area contributed by atoms with Gasteiger partial charge < -0.3 is 14.7 Å². The highest BCUT2D eigenvalue weighted by atomic mass is 16.5. The number of ether oxygens (including phenoxy) is 1. The largest absolute Gasteiger partial charge is 0.487 e. The number of hydrogen-bond acceptors (Lipinski definition) is 3. The molecular formula is C32H37NO4. The number of nitrogens with zero attached hydrogens (tertiary/aromatic N) is 1. The maximum atomic E-state index is 13.5. The molecule has 3 aromatic carbocycles. The summed E-state index contributed by atoms with van der Waals surface area (Å²) >= 11 is 0. The van der Waals surface area contributed by atoms with Gasteiger partial charge in [0, 0.05) is 31.5 Å². The van der Waals surface area contributed by atoms with Crippen LogP contribution in [0.3, 0.4) is 0 Å². The van der Waals surface area contributed by atoms with E-state index in [0.29, 0.717) is 18.5 Å². The Balaban J connectivity index is 1.49. The molecule has 4 rings (SSSR count). The first kappa shape index (κ1) is 26.5. The second-order valence-corrected chi connectivity index (χ2v) is 11.5. The van der Waals surface area contributed by atoms with E-state index in [0.717, 1.165) is 28.9 Å². The Morgan fingerprint density at radius 1 is 0.973 bits per heavy atom. The summed E-state index contributed by atoms with van der Waals surface area (Å²) in [5.41, 5.74) is 5.92. The van der Waals surface area contributed by atoms with Crippen LogP contribution in [0.4, 0.5) is 0 Å². The fraction of sp³-hybridized carbons (Fsp3) is 0.375. The lowest BCUT2D eigenvalue weighted by atomic mass is 9.85. The molecule has 37 heavy (non-hydrogen) atoms. The number of hydrogen-bond donors (Lipinski definition) is 1. The highest BCUT2D eigenvalue weighted by molar-refractivity contribution is 5.95. The first-order chi connectivity index (χ1) is 17.4. The number of aryl methyl sites for hydroxylation is 1. The number of carboxylic acids is 1. The number of carboxylic acid groups (broad SMARTS) is 1. The third-order valence-corrected chi connectivity index (χ3v) is 7.00. The number of fused-ring (bicyclic) bond motifs is 1. The van der Waals surface area contributed by atoms with Crippen LogP contribution in [-0.2, 0) is 29.6 Å². The van der Waals surface area contributed by atoms with E-state index in [1.165, 1.54) is 11.1 Å². The zero-order chi connectivity index (χ0) is 26.8. The maximum absolute atomic E-state index is 13.5. The Morgan fingerprint density at radius 2 is 1.62 bits per heavy atom.